The molecule has 1 unspecified atom stereocenters. The zero-order valence-electron chi connectivity index (χ0n) is 13.4. The fourth-order valence-electron chi connectivity index (χ4n) is 2.72. The maximum atomic E-state index is 5.43. The first-order valence-corrected chi connectivity index (χ1v) is 7.13. The van der Waals surface area contributed by atoms with Crippen molar-refractivity contribution in [2.24, 2.45) is 5.92 Å². The van der Waals surface area contributed by atoms with Gasteiger partial charge in [0.05, 0.1) is 21.3 Å². The van der Waals surface area contributed by atoms with Gasteiger partial charge in [-0.25, -0.2) is 0 Å². The number of rotatable bonds is 8. The van der Waals surface area contributed by atoms with Crippen LogP contribution in [-0.4, -0.2) is 28.4 Å². The van der Waals surface area contributed by atoms with Gasteiger partial charge in [0.1, 0.15) is 0 Å². The largest absolute Gasteiger partial charge is 0.493 e. The summed E-state index contributed by atoms with van der Waals surface area (Å²) in [6, 6.07) is 4.33. The van der Waals surface area contributed by atoms with Crippen molar-refractivity contribution in [3.63, 3.8) is 0 Å². The Labute approximate surface area is 122 Å². The van der Waals surface area contributed by atoms with E-state index in [1.807, 2.05) is 19.2 Å². The Morgan fingerprint density at radius 2 is 1.45 bits per heavy atom. The van der Waals surface area contributed by atoms with Crippen LogP contribution in [0, 0.1) is 5.92 Å². The quantitative estimate of drug-likeness (QED) is 0.792. The second-order valence-electron chi connectivity index (χ2n) is 4.80. The van der Waals surface area contributed by atoms with Crippen LogP contribution in [0.25, 0.3) is 0 Å². The molecule has 4 nitrogen and oxygen atoms in total. The van der Waals surface area contributed by atoms with Gasteiger partial charge in [0, 0.05) is 6.04 Å². The lowest BCUT2D eigenvalue weighted by Gasteiger charge is -2.26. The van der Waals surface area contributed by atoms with E-state index < -0.39 is 0 Å². The lowest BCUT2D eigenvalue weighted by atomic mass is 9.88. The Kier molecular flexibility index (Phi) is 6.65. The Morgan fingerprint density at radius 3 is 1.75 bits per heavy atom. The molecular weight excluding hydrogens is 254 g/mol. The first kappa shape index (κ1) is 16.6. The maximum absolute atomic E-state index is 5.43. The van der Waals surface area contributed by atoms with Crippen molar-refractivity contribution in [1.29, 1.82) is 0 Å². The highest BCUT2D eigenvalue weighted by atomic mass is 16.5. The molecule has 0 heterocycles. The molecule has 0 aromatic heterocycles. The van der Waals surface area contributed by atoms with Gasteiger partial charge in [-0.1, -0.05) is 26.7 Å². The molecule has 0 saturated heterocycles. The second kappa shape index (κ2) is 8.00. The minimum atomic E-state index is 0.277. The number of hydrogen-bond donors (Lipinski definition) is 1. The molecular formula is C16H27NO3. The van der Waals surface area contributed by atoms with E-state index in [4.69, 9.17) is 14.2 Å². The number of methoxy groups -OCH3 is 3. The summed E-state index contributed by atoms with van der Waals surface area (Å²) in [4.78, 5) is 0. The topological polar surface area (TPSA) is 39.7 Å². The Balaban J connectivity index is 3.29. The molecule has 1 aromatic rings. The fourth-order valence-corrected chi connectivity index (χ4v) is 2.72. The predicted octanol–water partition coefficient (Wildman–Crippen LogP) is 3.41. The fraction of sp³-hybridized carbons (Fsp3) is 0.625. The summed E-state index contributed by atoms with van der Waals surface area (Å²) < 4.78 is 16.2. The Morgan fingerprint density at radius 1 is 0.950 bits per heavy atom. The van der Waals surface area contributed by atoms with Gasteiger partial charge in [0.25, 0.3) is 0 Å². The van der Waals surface area contributed by atoms with Crippen molar-refractivity contribution >= 4 is 0 Å². The maximum Gasteiger partial charge on any atom is 0.203 e. The minimum absolute atomic E-state index is 0.277. The average molecular weight is 281 g/mol. The molecule has 114 valence electrons. The molecule has 0 amide bonds. The standard InChI is InChI=1S/C16H27NO3/c1-7-11(8-2)15(17-3)12-9-13(18-4)16(20-6)14(10-12)19-5/h9-11,15,17H,7-8H2,1-6H3. The van der Waals surface area contributed by atoms with Crippen molar-refractivity contribution in [3.8, 4) is 17.2 Å². The van der Waals surface area contributed by atoms with E-state index in [1.165, 1.54) is 0 Å². The third-order valence-corrected chi connectivity index (χ3v) is 3.88. The zero-order chi connectivity index (χ0) is 15.1. The highest BCUT2D eigenvalue weighted by Gasteiger charge is 2.22. The number of benzene rings is 1. The van der Waals surface area contributed by atoms with Crippen molar-refractivity contribution in [2.75, 3.05) is 28.4 Å². The van der Waals surface area contributed by atoms with Crippen molar-refractivity contribution in [2.45, 2.75) is 32.7 Å². The first-order chi connectivity index (χ1) is 9.66. The van der Waals surface area contributed by atoms with Gasteiger partial charge in [-0.3, -0.25) is 0 Å². The van der Waals surface area contributed by atoms with Crippen LogP contribution >= 0.6 is 0 Å². The van der Waals surface area contributed by atoms with Crippen LogP contribution in [0.5, 0.6) is 17.2 Å². The van der Waals surface area contributed by atoms with Crippen molar-refractivity contribution in [1.82, 2.24) is 5.32 Å². The molecule has 1 atom stereocenters. The summed E-state index contributed by atoms with van der Waals surface area (Å²) in [5, 5.41) is 3.41. The molecule has 0 bridgehead atoms. The molecule has 1 N–H and O–H groups in total. The first-order valence-electron chi connectivity index (χ1n) is 7.13. The van der Waals surface area contributed by atoms with Crippen LogP contribution in [0.1, 0.15) is 38.3 Å². The van der Waals surface area contributed by atoms with Crippen LogP contribution in [-0.2, 0) is 0 Å². The van der Waals surface area contributed by atoms with Gasteiger partial charge in [-0.15, -0.1) is 0 Å². The molecule has 0 fully saturated rings. The van der Waals surface area contributed by atoms with Gasteiger partial charge in [0.2, 0.25) is 5.75 Å². The van der Waals surface area contributed by atoms with Crippen LogP contribution in [0.4, 0.5) is 0 Å². The molecule has 20 heavy (non-hydrogen) atoms. The molecule has 4 heteroatoms. The van der Waals surface area contributed by atoms with E-state index in [9.17, 15) is 0 Å². The summed E-state index contributed by atoms with van der Waals surface area (Å²) in [7, 11) is 6.90. The van der Waals surface area contributed by atoms with Crippen LogP contribution in [0.3, 0.4) is 0 Å². The Hall–Kier alpha value is -1.42. The van der Waals surface area contributed by atoms with Gasteiger partial charge in [0.15, 0.2) is 11.5 Å². The summed E-state index contributed by atoms with van der Waals surface area (Å²) in [5.74, 6) is 2.61. The molecule has 0 aliphatic carbocycles. The van der Waals surface area contributed by atoms with E-state index in [-0.39, 0.29) is 6.04 Å². The Bertz CT molecular complexity index is 391. The highest BCUT2D eigenvalue weighted by Crippen LogP contribution is 2.41. The van der Waals surface area contributed by atoms with E-state index in [0.717, 1.165) is 18.4 Å². The third-order valence-electron chi connectivity index (χ3n) is 3.88. The molecule has 0 aliphatic heterocycles. The summed E-state index contributed by atoms with van der Waals surface area (Å²) in [6.07, 6.45) is 2.25. The third kappa shape index (κ3) is 3.37. The lowest BCUT2D eigenvalue weighted by Crippen LogP contribution is -2.24. The number of nitrogens with one attached hydrogen (secondary N) is 1. The predicted molar refractivity (Wildman–Crippen MR) is 82.0 cm³/mol. The summed E-state index contributed by atoms with van der Waals surface area (Å²) >= 11 is 0. The normalized spacial score (nSPS) is 12.3. The van der Waals surface area contributed by atoms with E-state index in [1.54, 1.807) is 21.3 Å². The second-order valence-corrected chi connectivity index (χ2v) is 4.80. The molecule has 0 saturated carbocycles. The number of ether oxygens (including phenoxy) is 3. The smallest absolute Gasteiger partial charge is 0.203 e. The van der Waals surface area contributed by atoms with E-state index in [0.29, 0.717) is 23.2 Å². The van der Waals surface area contributed by atoms with E-state index in [2.05, 4.69) is 19.2 Å². The lowest BCUT2D eigenvalue weighted by molar-refractivity contribution is 0.318. The van der Waals surface area contributed by atoms with Crippen LogP contribution in [0.2, 0.25) is 0 Å². The van der Waals surface area contributed by atoms with Crippen molar-refractivity contribution < 1.29 is 14.2 Å². The van der Waals surface area contributed by atoms with E-state index >= 15 is 0 Å². The molecule has 0 spiro atoms. The highest BCUT2D eigenvalue weighted by molar-refractivity contribution is 5.54. The zero-order valence-corrected chi connectivity index (χ0v) is 13.4. The van der Waals surface area contributed by atoms with Gasteiger partial charge in [-0.05, 0) is 30.7 Å². The van der Waals surface area contributed by atoms with Gasteiger partial charge >= 0.3 is 0 Å². The molecule has 0 aliphatic rings. The minimum Gasteiger partial charge on any atom is -0.493 e. The SMILES string of the molecule is CCC(CC)C(NC)c1cc(OC)c(OC)c(OC)c1. The monoisotopic (exact) mass is 281 g/mol. The number of hydrogen-bond acceptors (Lipinski definition) is 4. The average Bonchev–Trinajstić information content (AvgIpc) is 2.50. The van der Waals surface area contributed by atoms with Gasteiger partial charge in [-0.2, -0.15) is 0 Å². The van der Waals surface area contributed by atoms with Crippen LogP contribution < -0.4 is 19.5 Å². The summed E-state index contributed by atoms with van der Waals surface area (Å²) in [5.41, 5.74) is 1.16. The van der Waals surface area contributed by atoms with Gasteiger partial charge < -0.3 is 19.5 Å². The van der Waals surface area contributed by atoms with Crippen molar-refractivity contribution in [3.05, 3.63) is 17.7 Å². The molecule has 1 rings (SSSR count). The molecule has 1 aromatic carbocycles. The van der Waals surface area contributed by atoms with Crippen LogP contribution in [0.15, 0.2) is 12.1 Å². The molecule has 0 radical (unpaired) electrons. The summed E-state index contributed by atoms with van der Waals surface area (Å²) in [6.45, 7) is 4.44.